The zero-order valence-electron chi connectivity index (χ0n) is 8.69. The first-order chi connectivity index (χ1) is 6.69. The van der Waals surface area contributed by atoms with Crippen LogP contribution in [-0.4, -0.2) is 17.1 Å². The van der Waals surface area contributed by atoms with Crippen molar-refractivity contribution in [2.24, 2.45) is 11.8 Å². The topological polar surface area (TPSA) is 73.1 Å². The van der Waals surface area contributed by atoms with E-state index in [1.54, 1.807) is 13.2 Å². The largest absolute Gasteiger partial charge is 0.481 e. The van der Waals surface area contributed by atoms with Gasteiger partial charge in [-0.2, -0.15) is 0 Å². The Labute approximate surface area is 83.7 Å². The second kappa shape index (κ2) is 4.88. The van der Waals surface area contributed by atoms with Gasteiger partial charge in [0.1, 0.15) is 6.33 Å². The van der Waals surface area contributed by atoms with Crippen LogP contribution in [0.3, 0.4) is 0 Å². The maximum absolute atomic E-state index is 5.45. The number of hydrazine groups is 1. The predicted octanol–water partition coefficient (Wildman–Crippen LogP) is 0.646. The number of ether oxygens (including phenoxy) is 1. The standard InChI is InChI=1S/C9H16N4O/c1-6(2)9(13-10)7-4-8(14-3)12-5-11-7/h4-6,9,13H,10H2,1-3H3. The molecule has 5 nitrogen and oxygen atoms in total. The van der Waals surface area contributed by atoms with Gasteiger partial charge in [-0.05, 0) is 5.92 Å². The van der Waals surface area contributed by atoms with E-state index in [4.69, 9.17) is 10.6 Å². The van der Waals surface area contributed by atoms with Crippen molar-refractivity contribution in [1.29, 1.82) is 0 Å². The SMILES string of the molecule is COc1cc(C(NN)C(C)C)ncn1. The lowest BCUT2D eigenvalue weighted by Gasteiger charge is -2.18. The molecule has 0 bridgehead atoms. The summed E-state index contributed by atoms with van der Waals surface area (Å²) in [4.78, 5) is 8.08. The number of nitrogens with one attached hydrogen (secondary N) is 1. The minimum atomic E-state index is 0.0203. The van der Waals surface area contributed by atoms with Crippen LogP contribution in [0.25, 0.3) is 0 Å². The van der Waals surface area contributed by atoms with Crippen molar-refractivity contribution in [3.05, 3.63) is 18.1 Å². The third kappa shape index (κ3) is 2.40. The Balaban J connectivity index is 2.92. The highest BCUT2D eigenvalue weighted by Gasteiger charge is 2.15. The van der Waals surface area contributed by atoms with Gasteiger partial charge in [0.2, 0.25) is 5.88 Å². The number of nitrogens with two attached hydrogens (primary N) is 1. The normalized spacial score (nSPS) is 12.9. The third-order valence-electron chi connectivity index (χ3n) is 2.04. The molecular weight excluding hydrogens is 180 g/mol. The maximum atomic E-state index is 5.45. The fraction of sp³-hybridized carbons (Fsp3) is 0.556. The van der Waals surface area contributed by atoms with Crippen LogP contribution in [0, 0.1) is 5.92 Å². The lowest BCUT2D eigenvalue weighted by Crippen LogP contribution is -2.32. The molecule has 3 N–H and O–H groups in total. The number of rotatable bonds is 4. The smallest absolute Gasteiger partial charge is 0.216 e. The van der Waals surface area contributed by atoms with Crippen molar-refractivity contribution in [1.82, 2.24) is 15.4 Å². The van der Waals surface area contributed by atoms with E-state index >= 15 is 0 Å². The van der Waals surface area contributed by atoms with E-state index in [0.717, 1.165) is 5.69 Å². The molecule has 0 aliphatic carbocycles. The van der Waals surface area contributed by atoms with Gasteiger partial charge in [0.15, 0.2) is 0 Å². The average molecular weight is 196 g/mol. The molecule has 1 rings (SSSR count). The van der Waals surface area contributed by atoms with Crippen LogP contribution in [0.5, 0.6) is 5.88 Å². The maximum Gasteiger partial charge on any atom is 0.216 e. The van der Waals surface area contributed by atoms with Gasteiger partial charge in [-0.3, -0.25) is 11.3 Å². The van der Waals surface area contributed by atoms with E-state index < -0.39 is 0 Å². The fourth-order valence-electron chi connectivity index (χ4n) is 1.25. The second-order valence-electron chi connectivity index (χ2n) is 3.37. The highest BCUT2D eigenvalue weighted by molar-refractivity contribution is 5.16. The quantitative estimate of drug-likeness (QED) is 0.546. The van der Waals surface area contributed by atoms with E-state index in [2.05, 4.69) is 29.2 Å². The average Bonchev–Trinajstić information content (AvgIpc) is 2.19. The summed E-state index contributed by atoms with van der Waals surface area (Å²) < 4.78 is 5.01. The van der Waals surface area contributed by atoms with E-state index in [0.29, 0.717) is 11.8 Å². The van der Waals surface area contributed by atoms with Crippen molar-refractivity contribution in [2.45, 2.75) is 19.9 Å². The Morgan fingerprint density at radius 3 is 2.64 bits per heavy atom. The van der Waals surface area contributed by atoms with Crippen LogP contribution in [-0.2, 0) is 0 Å². The van der Waals surface area contributed by atoms with Crippen molar-refractivity contribution in [3.8, 4) is 5.88 Å². The monoisotopic (exact) mass is 196 g/mol. The predicted molar refractivity (Wildman–Crippen MR) is 53.5 cm³/mol. The van der Waals surface area contributed by atoms with E-state index in [1.165, 1.54) is 6.33 Å². The molecule has 0 spiro atoms. The van der Waals surface area contributed by atoms with Crippen LogP contribution < -0.4 is 16.0 Å². The molecule has 1 unspecified atom stereocenters. The molecule has 0 aliphatic rings. The van der Waals surface area contributed by atoms with Crippen LogP contribution in [0.4, 0.5) is 0 Å². The minimum Gasteiger partial charge on any atom is -0.481 e. The van der Waals surface area contributed by atoms with Gasteiger partial charge in [0.25, 0.3) is 0 Å². The Kier molecular flexibility index (Phi) is 3.79. The minimum absolute atomic E-state index is 0.0203. The van der Waals surface area contributed by atoms with Crippen molar-refractivity contribution in [3.63, 3.8) is 0 Å². The summed E-state index contributed by atoms with van der Waals surface area (Å²) in [6.07, 6.45) is 1.47. The molecule has 0 fully saturated rings. The molecule has 14 heavy (non-hydrogen) atoms. The number of nitrogens with zero attached hydrogens (tertiary/aromatic N) is 2. The molecule has 1 heterocycles. The second-order valence-corrected chi connectivity index (χ2v) is 3.37. The molecule has 78 valence electrons. The van der Waals surface area contributed by atoms with Gasteiger partial charge in [-0.1, -0.05) is 13.8 Å². The molecular formula is C9H16N4O. The molecule has 1 aromatic heterocycles. The summed E-state index contributed by atoms with van der Waals surface area (Å²) in [7, 11) is 1.58. The van der Waals surface area contributed by atoms with Gasteiger partial charge < -0.3 is 4.74 Å². The van der Waals surface area contributed by atoms with Crippen molar-refractivity contribution in [2.75, 3.05) is 7.11 Å². The summed E-state index contributed by atoms with van der Waals surface area (Å²) in [6.45, 7) is 4.14. The van der Waals surface area contributed by atoms with Gasteiger partial charge >= 0.3 is 0 Å². The molecule has 0 aliphatic heterocycles. The van der Waals surface area contributed by atoms with E-state index in [9.17, 15) is 0 Å². The lowest BCUT2D eigenvalue weighted by molar-refractivity contribution is 0.384. The Hall–Kier alpha value is -1.20. The lowest BCUT2D eigenvalue weighted by atomic mass is 10.0. The number of hydrogen-bond acceptors (Lipinski definition) is 5. The van der Waals surface area contributed by atoms with Gasteiger partial charge in [0.05, 0.1) is 18.8 Å². The molecule has 0 saturated carbocycles. The zero-order valence-corrected chi connectivity index (χ0v) is 8.69. The molecule has 0 radical (unpaired) electrons. The summed E-state index contributed by atoms with van der Waals surface area (Å²) in [6, 6.07) is 1.80. The van der Waals surface area contributed by atoms with Crippen LogP contribution in [0.2, 0.25) is 0 Å². The zero-order chi connectivity index (χ0) is 10.6. The molecule has 1 atom stereocenters. The Morgan fingerprint density at radius 1 is 1.43 bits per heavy atom. The Bertz CT molecular complexity index is 290. The molecule has 0 aromatic carbocycles. The van der Waals surface area contributed by atoms with Gasteiger partial charge in [0, 0.05) is 6.07 Å². The van der Waals surface area contributed by atoms with Crippen LogP contribution >= 0.6 is 0 Å². The number of aromatic nitrogens is 2. The van der Waals surface area contributed by atoms with Crippen molar-refractivity contribution >= 4 is 0 Å². The van der Waals surface area contributed by atoms with E-state index in [-0.39, 0.29) is 6.04 Å². The molecule has 5 heteroatoms. The Morgan fingerprint density at radius 2 is 2.14 bits per heavy atom. The highest BCUT2D eigenvalue weighted by atomic mass is 16.5. The molecule has 0 amide bonds. The number of methoxy groups -OCH3 is 1. The summed E-state index contributed by atoms with van der Waals surface area (Å²) in [5.74, 6) is 6.36. The van der Waals surface area contributed by atoms with E-state index in [1.807, 2.05) is 0 Å². The third-order valence-corrected chi connectivity index (χ3v) is 2.04. The van der Waals surface area contributed by atoms with Gasteiger partial charge in [-0.25, -0.2) is 9.97 Å². The summed E-state index contributed by atoms with van der Waals surface area (Å²) in [5, 5.41) is 0. The summed E-state index contributed by atoms with van der Waals surface area (Å²) in [5.41, 5.74) is 3.57. The van der Waals surface area contributed by atoms with Crippen LogP contribution in [0.15, 0.2) is 12.4 Å². The first kappa shape index (κ1) is 10.9. The van der Waals surface area contributed by atoms with Crippen molar-refractivity contribution < 1.29 is 4.74 Å². The van der Waals surface area contributed by atoms with Gasteiger partial charge in [-0.15, -0.1) is 0 Å². The molecule has 1 aromatic rings. The summed E-state index contributed by atoms with van der Waals surface area (Å²) >= 11 is 0. The number of hydrogen-bond donors (Lipinski definition) is 2. The first-order valence-corrected chi connectivity index (χ1v) is 4.51. The molecule has 0 saturated heterocycles. The highest BCUT2D eigenvalue weighted by Crippen LogP contribution is 2.20. The first-order valence-electron chi connectivity index (χ1n) is 4.51. The van der Waals surface area contributed by atoms with Crippen LogP contribution in [0.1, 0.15) is 25.6 Å². The fourth-order valence-corrected chi connectivity index (χ4v) is 1.25.